The van der Waals surface area contributed by atoms with E-state index < -0.39 is 10.0 Å². The molecule has 8 heteroatoms. The lowest BCUT2D eigenvalue weighted by Gasteiger charge is -2.08. The minimum absolute atomic E-state index is 0.0392. The Balaban J connectivity index is 3.11. The lowest BCUT2D eigenvalue weighted by atomic mass is 9.74. The van der Waals surface area contributed by atoms with Gasteiger partial charge in [0.1, 0.15) is 10.7 Å². The first-order valence-corrected chi connectivity index (χ1v) is 6.34. The Morgan fingerprint density at radius 3 is 2.88 bits per heavy atom. The number of rotatable bonds is 5. The summed E-state index contributed by atoms with van der Waals surface area (Å²) in [7, 11) is -3.01. The van der Waals surface area contributed by atoms with Crippen LogP contribution in [0.15, 0.2) is 17.2 Å². The number of aromatic nitrogens is 1. The van der Waals surface area contributed by atoms with Crippen LogP contribution in [0.25, 0.3) is 0 Å². The van der Waals surface area contributed by atoms with Gasteiger partial charge in [-0.25, -0.2) is 18.1 Å². The molecule has 1 aromatic rings. The molecule has 4 N–H and O–H groups in total. The number of hydrogen-bond donors (Lipinski definition) is 3. The van der Waals surface area contributed by atoms with Crippen LogP contribution in [0.5, 0.6) is 0 Å². The van der Waals surface area contributed by atoms with Crippen LogP contribution in [0.2, 0.25) is 6.82 Å². The van der Waals surface area contributed by atoms with Gasteiger partial charge < -0.3 is 10.8 Å². The zero-order chi connectivity index (χ0) is 12.2. The van der Waals surface area contributed by atoms with Crippen molar-refractivity contribution in [2.45, 2.75) is 11.7 Å². The molecule has 0 spiro atoms. The van der Waals surface area contributed by atoms with Crippen LogP contribution < -0.4 is 15.9 Å². The lowest BCUT2D eigenvalue weighted by Crippen LogP contribution is -2.29. The molecular weight excluding hydrogens is 229 g/mol. The summed E-state index contributed by atoms with van der Waals surface area (Å²) >= 11 is 0. The third-order valence-corrected chi connectivity index (χ3v) is 3.53. The number of sulfonamides is 1. The van der Waals surface area contributed by atoms with Crippen molar-refractivity contribution in [3.05, 3.63) is 12.3 Å². The van der Waals surface area contributed by atoms with Gasteiger partial charge in [0, 0.05) is 12.7 Å². The maximum Gasteiger partial charge on any atom is 0.244 e. The predicted molar refractivity (Wildman–Crippen MR) is 63.6 cm³/mol. The Hall–Kier alpha value is -1.12. The molecule has 0 saturated carbocycles. The van der Waals surface area contributed by atoms with E-state index in [1.807, 2.05) is 6.82 Å². The van der Waals surface area contributed by atoms with Gasteiger partial charge in [0.05, 0.1) is 6.61 Å². The highest BCUT2D eigenvalue weighted by atomic mass is 32.2. The third kappa shape index (κ3) is 2.94. The Kier molecular flexibility index (Phi) is 4.28. The van der Waals surface area contributed by atoms with E-state index in [1.165, 1.54) is 6.07 Å². The second-order valence-electron chi connectivity index (χ2n) is 3.20. The lowest BCUT2D eigenvalue weighted by molar-refractivity contribution is 0.301. The quantitative estimate of drug-likeness (QED) is 0.521. The first-order valence-electron chi connectivity index (χ1n) is 4.86. The first kappa shape index (κ1) is 13.0. The van der Waals surface area contributed by atoms with E-state index >= 15 is 0 Å². The Morgan fingerprint density at radius 2 is 2.31 bits per heavy atom. The molecule has 0 fully saturated rings. The fourth-order valence-corrected chi connectivity index (χ4v) is 2.31. The van der Waals surface area contributed by atoms with E-state index in [2.05, 4.69) is 9.71 Å². The standard InChI is InChI=1S/C8H14BN3O3S/c1-9-6-4-7(8(10)11-5-6)16(14,15)12-2-3-13/h4-5,9,12-13H,2-3H2,1H3,(H2,10,11). The summed E-state index contributed by atoms with van der Waals surface area (Å²) in [6.07, 6.45) is 1.54. The van der Waals surface area contributed by atoms with Gasteiger partial charge in [-0.2, -0.15) is 0 Å². The Morgan fingerprint density at radius 1 is 1.62 bits per heavy atom. The van der Waals surface area contributed by atoms with Gasteiger partial charge in [-0.15, -0.1) is 0 Å². The average Bonchev–Trinajstić information content (AvgIpc) is 2.27. The summed E-state index contributed by atoms with van der Waals surface area (Å²) in [5, 5.41) is 8.57. The molecule has 1 heterocycles. The van der Waals surface area contributed by atoms with Crippen LogP contribution in [0, 0.1) is 0 Å². The summed E-state index contributed by atoms with van der Waals surface area (Å²) < 4.78 is 25.7. The molecule has 1 aromatic heterocycles. The summed E-state index contributed by atoms with van der Waals surface area (Å²) in [6.45, 7) is 1.59. The van der Waals surface area contributed by atoms with Crippen molar-refractivity contribution >= 4 is 28.6 Å². The fourth-order valence-electron chi connectivity index (χ4n) is 1.16. The molecule has 0 aliphatic carbocycles. The molecular formula is C8H14BN3O3S. The molecule has 0 aliphatic heterocycles. The van der Waals surface area contributed by atoms with Gasteiger partial charge in [-0.05, 0) is 6.07 Å². The number of nitrogens with two attached hydrogens (primary N) is 1. The molecule has 0 unspecified atom stereocenters. The molecule has 1 rings (SSSR count). The van der Waals surface area contributed by atoms with E-state index in [0.717, 1.165) is 5.46 Å². The van der Waals surface area contributed by atoms with E-state index in [4.69, 9.17) is 10.8 Å². The highest BCUT2D eigenvalue weighted by Crippen LogP contribution is 2.12. The van der Waals surface area contributed by atoms with E-state index in [9.17, 15) is 8.42 Å². The van der Waals surface area contributed by atoms with Crippen molar-refractivity contribution in [1.29, 1.82) is 0 Å². The predicted octanol–water partition coefficient (Wildman–Crippen LogP) is -1.96. The van der Waals surface area contributed by atoms with Crippen molar-refractivity contribution in [1.82, 2.24) is 9.71 Å². The number of nitrogen functional groups attached to an aromatic ring is 1. The van der Waals surface area contributed by atoms with Gasteiger partial charge in [0.2, 0.25) is 10.0 Å². The van der Waals surface area contributed by atoms with Crippen molar-refractivity contribution in [3.63, 3.8) is 0 Å². The third-order valence-electron chi connectivity index (χ3n) is 2.04. The highest BCUT2D eigenvalue weighted by Gasteiger charge is 2.18. The van der Waals surface area contributed by atoms with E-state index in [1.54, 1.807) is 6.20 Å². The first-order chi connectivity index (χ1) is 7.51. The van der Waals surface area contributed by atoms with Crippen LogP contribution in [0.3, 0.4) is 0 Å². The van der Waals surface area contributed by atoms with Gasteiger partial charge in [0.15, 0.2) is 7.28 Å². The molecule has 6 nitrogen and oxygen atoms in total. The van der Waals surface area contributed by atoms with Gasteiger partial charge in [-0.3, -0.25) is 0 Å². The van der Waals surface area contributed by atoms with Crippen molar-refractivity contribution in [2.75, 3.05) is 18.9 Å². The smallest absolute Gasteiger partial charge is 0.244 e. The molecule has 0 atom stereocenters. The second-order valence-corrected chi connectivity index (χ2v) is 4.94. The Bertz CT molecular complexity index is 464. The highest BCUT2D eigenvalue weighted by molar-refractivity contribution is 7.89. The zero-order valence-corrected chi connectivity index (χ0v) is 9.79. The number of nitrogens with one attached hydrogen (secondary N) is 1. The van der Waals surface area contributed by atoms with Crippen LogP contribution in [-0.2, 0) is 10.0 Å². The van der Waals surface area contributed by atoms with Gasteiger partial charge in [-0.1, -0.05) is 12.3 Å². The van der Waals surface area contributed by atoms with Crippen molar-refractivity contribution in [2.24, 2.45) is 0 Å². The number of nitrogens with zero attached hydrogens (tertiary/aromatic N) is 1. The molecule has 16 heavy (non-hydrogen) atoms. The van der Waals surface area contributed by atoms with Gasteiger partial charge in [0.25, 0.3) is 0 Å². The SMILES string of the molecule is CBc1cnc(N)c(S(=O)(=O)NCCO)c1. The zero-order valence-electron chi connectivity index (χ0n) is 8.97. The molecule has 0 bridgehead atoms. The summed E-state index contributed by atoms with van der Waals surface area (Å²) in [5.41, 5.74) is 6.30. The fraction of sp³-hybridized carbons (Fsp3) is 0.375. The number of anilines is 1. The molecule has 0 amide bonds. The van der Waals surface area contributed by atoms with Crippen LogP contribution in [0.1, 0.15) is 0 Å². The minimum atomic E-state index is -3.68. The Labute approximate surface area is 95.2 Å². The number of aliphatic hydroxyl groups excluding tert-OH is 1. The molecule has 0 aromatic carbocycles. The summed E-state index contributed by atoms with van der Waals surface area (Å²) in [5.74, 6) is -0.0392. The second kappa shape index (κ2) is 5.28. The molecule has 88 valence electrons. The van der Waals surface area contributed by atoms with Crippen LogP contribution >= 0.6 is 0 Å². The normalized spacial score (nSPS) is 11.4. The maximum atomic E-state index is 11.7. The van der Waals surface area contributed by atoms with Crippen LogP contribution in [-0.4, -0.2) is 38.9 Å². The van der Waals surface area contributed by atoms with Crippen molar-refractivity contribution < 1.29 is 13.5 Å². The number of aliphatic hydroxyl groups is 1. The maximum absolute atomic E-state index is 11.7. The van der Waals surface area contributed by atoms with E-state index in [0.29, 0.717) is 7.28 Å². The number of pyridine rings is 1. The molecule has 0 aliphatic rings. The summed E-state index contributed by atoms with van der Waals surface area (Å²) in [4.78, 5) is 3.78. The average molecular weight is 243 g/mol. The topological polar surface area (TPSA) is 105 Å². The van der Waals surface area contributed by atoms with E-state index in [-0.39, 0.29) is 23.9 Å². The number of hydrogen-bond acceptors (Lipinski definition) is 5. The van der Waals surface area contributed by atoms with Gasteiger partial charge >= 0.3 is 0 Å². The monoisotopic (exact) mass is 243 g/mol. The molecule has 0 radical (unpaired) electrons. The van der Waals surface area contributed by atoms with Crippen molar-refractivity contribution in [3.8, 4) is 0 Å². The summed E-state index contributed by atoms with van der Waals surface area (Å²) in [6, 6.07) is 1.49. The molecule has 0 saturated heterocycles. The minimum Gasteiger partial charge on any atom is -0.395 e. The van der Waals surface area contributed by atoms with Crippen LogP contribution in [0.4, 0.5) is 5.82 Å². The largest absolute Gasteiger partial charge is 0.395 e.